The molecule has 14 heavy (non-hydrogen) atoms. The topological polar surface area (TPSA) is 132 Å². The molecular formula is C6H8CfO7. The van der Waals surface area contributed by atoms with Crippen LogP contribution >= 0.6 is 0 Å². The summed E-state index contributed by atoms with van der Waals surface area (Å²) in [6.07, 6.45) is -2.29. The maximum atomic E-state index is 10.3. The molecule has 0 saturated carbocycles. The number of carbonyl (C=O) groups is 3. The summed E-state index contributed by atoms with van der Waals surface area (Å²) >= 11 is 0. The zero-order valence-electron chi connectivity index (χ0n) is 6.74. The molecule has 0 saturated heterocycles. The van der Waals surface area contributed by atoms with Gasteiger partial charge in [-0.25, -0.2) is 4.79 Å². The second-order valence-corrected chi connectivity index (χ2v) is 2.48. The number of carboxylic acid groups (broad SMARTS) is 3. The molecule has 0 aromatic rings. The Hall–Kier alpha value is -2.63. The zero-order valence-corrected chi connectivity index (χ0v) is 9.38. The van der Waals surface area contributed by atoms with Gasteiger partial charge in [-0.2, -0.15) is 0 Å². The van der Waals surface area contributed by atoms with Crippen LogP contribution in [-0.2, 0) is 14.4 Å². The molecule has 8 heteroatoms. The molecule has 0 aliphatic carbocycles. The van der Waals surface area contributed by atoms with E-state index in [0.29, 0.717) is 0 Å². The van der Waals surface area contributed by atoms with E-state index in [1.54, 1.807) is 0 Å². The van der Waals surface area contributed by atoms with Crippen LogP contribution in [0.25, 0.3) is 0 Å². The van der Waals surface area contributed by atoms with Gasteiger partial charge in [0.15, 0.2) is 5.60 Å². The van der Waals surface area contributed by atoms with Crippen molar-refractivity contribution >= 4 is 17.9 Å². The number of carboxylic acids is 3. The molecule has 0 rings (SSSR count). The Labute approximate surface area is 72.2 Å². The van der Waals surface area contributed by atoms with Crippen LogP contribution in [0.15, 0.2) is 0 Å². The molecule has 0 unspecified atom stereocenters. The number of hydrogen-bond donors (Lipinski definition) is 4. The van der Waals surface area contributed by atoms with E-state index in [0.717, 1.165) is 0 Å². The first-order chi connectivity index (χ1) is 5.78. The molecular weight excluding hydrogens is 435 g/mol. The first-order valence-corrected chi connectivity index (χ1v) is 3.17. The molecule has 0 fully saturated rings. The smallest absolute Gasteiger partial charge is 0.336 e. The summed E-state index contributed by atoms with van der Waals surface area (Å²) in [5.41, 5.74) is -2.74. The van der Waals surface area contributed by atoms with E-state index in [4.69, 9.17) is 20.4 Å². The van der Waals surface area contributed by atoms with Crippen molar-refractivity contribution in [3.05, 3.63) is 0 Å². The molecule has 4 N–H and O–H groups in total. The van der Waals surface area contributed by atoms with Gasteiger partial charge in [-0.3, -0.25) is 9.59 Å². The maximum absolute atomic E-state index is 10.3. The van der Waals surface area contributed by atoms with E-state index in [9.17, 15) is 14.4 Å². The van der Waals surface area contributed by atoms with Gasteiger partial charge in [-0.1, -0.05) is 0 Å². The Morgan fingerprint density at radius 3 is 1.36 bits per heavy atom. The summed E-state index contributed by atoms with van der Waals surface area (Å²) < 4.78 is 0. The SMILES string of the molecule is O=C(O)CC(O)(CC(=O)O)C(=O)O.[Cf]. The third kappa shape index (κ3) is 3.67. The first kappa shape index (κ1) is 13.9. The van der Waals surface area contributed by atoms with Crippen LogP contribution in [-0.4, -0.2) is 43.9 Å². The first-order valence-electron chi connectivity index (χ1n) is 3.17. The van der Waals surface area contributed by atoms with Gasteiger partial charge in [0.05, 0.1) is 12.8 Å². The van der Waals surface area contributed by atoms with E-state index >= 15 is 0 Å². The van der Waals surface area contributed by atoms with Gasteiger partial charge in [-0.15, -0.1) is 0 Å². The minimum absolute atomic E-state index is 0. The minimum atomic E-state index is -2.74. The van der Waals surface area contributed by atoms with Crippen molar-refractivity contribution in [1.82, 2.24) is 0 Å². The molecule has 7 nitrogen and oxygen atoms in total. The van der Waals surface area contributed by atoms with Crippen LogP contribution in [0, 0.1) is 0 Å². The van der Waals surface area contributed by atoms with Crippen LogP contribution < -0.4 is 0 Å². The fourth-order valence-corrected chi connectivity index (χ4v) is 0.714. The Kier molecular flexibility index (Phi) is 4.39. The Bertz CT molecular complexity index is 233. The van der Waals surface area contributed by atoms with Gasteiger partial charge in [0, 0.05) is 0 Å². The van der Waals surface area contributed by atoms with E-state index in [1.165, 1.54) is 0 Å². The molecule has 0 aliphatic rings. The molecule has 0 atom stereocenters. The van der Waals surface area contributed by atoms with Gasteiger partial charge in [-0.05, 0) is 0 Å². The molecule has 0 aromatic carbocycles. The second kappa shape index (κ2) is 4.41. The predicted molar refractivity (Wildman–Crippen MR) is 37.1 cm³/mol. The fraction of sp³-hybridized carbons (Fsp3) is 0.500. The maximum Gasteiger partial charge on any atom is 0.336 e. The van der Waals surface area contributed by atoms with Crippen molar-refractivity contribution in [1.29, 1.82) is 0 Å². The van der Waals surface area contributed by atoms with Crippen molar-refractivity contribution < 1.29 is 34.8 Å². The second-order valence-electron chi connectivity index (χ2n) is 2.48. The summed E-state index contributed by atoms with van der Waals surface area (Å²) in [5, 5.41) is 33.8. The van der Waals surface area contributed by atoms with Gasteiger partial charge in [0.2, 0.25) is 0 Å². The van der Waals surface area contributed by atoms with Gasteiger partial charge in [0.25, 0.3) is 0 Å². The summed E-state index contributed by atoms with van der Waals surface area (Å²) in [5.74, 6) is -5.02. The Morgan fingerprint density at radius 2 is 1.21 bits per heavy atom. The van der Waals surface area contributed by atoms with Gasteiger partial charge >= 0.3 is 17.9 Å². The van der Waals surface area contributed by atoms with Crippen LogP contribution in [0.4, 0.5) is 0 Å². The largest absolute Gasteiger partial charge is 0.481 e. The number of rotatable bonds is 5. The van der Waals surface area contributed by atoms with Crippen molar-refractivity contribution in [2.75, 3.05) is 0 Å². The molecule has 0 bridgehead atoms. The average molecular weight is 443 g/mol. The third-order valence-electron chi connectivity index (χ3n) is 1.29. The zero-order chi connectivity index (χ0) is 10.6. The number of hydrogen-bond acceptors (Lipinski definition) is 4. The quantitative estimate of drug-likeness (QED) is 0.418. The number of aliphatic carboxylic acids is 3. The monoisotopic (exact) mass is 441 g/mol. The minimum Gasteiger partial charge on any atom is -0.481 e. The molecule has 0 spiro atoms. The summed E-state index contributed by atoms with van der Waals surface area (Å²) in [6.45, 7) is 0. The van der Waals surface area contributed by atoms with E-state index in [2.05, 4.69) is 0 Å². The van der Waals surface area contributed by atoms with Crippen molar-refractivity contribution in [3.63, 3.8) is 0 Å². The van der Waals surface area contributed by atoms with E-state index in [-0.39, 0.29) is 0 Å². The van der Waals surface area contributed by atoms with Crippen LogP contribution in [0.3, 0.4) is 0 Å². The molecule has 0 amide bonds. The Balaban J connectivity index is 0. The normalized spacial score (nSPS) is 10.1. The Morgan fingerprint density at radius 1 is 0.929 bits per heavy atom. The van der Waals surface area contributed by atoms with Crippen molar-refractivity contribution in [3.8, 4) is 0 Å². The van der Waals surface area contributed by atoms with Crippen LogP contribution in [0.2, 0.25) is 0 Å². The molecule has 0 aliphatic heterocycles. The molecule has 0 radical (unpaired) electrons. The molecule has 0 heterocycles. The van der Waals surface area contributed by atoms with Crippen molar-refractivity contribution in [2.24, 2.45) is 0 Å². The number of aliphatic hydroxyl groups is 1. The van der Waals surface area contributed by atoms with Crippen molar-refractivity contribution in [2.45, 2.75) is 18.4 Å². The molecule has 84 valence electrons. The van der Waals surface area contributed by atoms with Gasteiger partial charge in [0.1, 0.15) is 0 Å². The van der Waals surface area contributed by atoms with Gasteiger partial charge < -0.3 is 20.4 Å². The summed E-state index contributed by atoms with van der Waals surface area (Å²) in [6, 6.07) is 0. The molecule has 0 aromatic heterocycles. The van der Waals surface area contributed by atoms with Crippen LogP contribution in [0.5, 0.6) is 0 Å². The van der Waals surface area contributed by atoms with E-state index in [1.807, 2.05) is 0 Å². The average Bonchev–Trinajstić information content (AvgIpc) is 1.82. The van der Waals surface area contributed by atoms with Crippen LogP contribution in [0.1, 0.15) is 12.8 Å². The predicted octanol–water partition coefficient (Wildman–Crippen LogP) is -1.25. The third-order valence-corrected chi connectivity index (χ3v) is 1.29. The summed E-state index contributed by atoms with van der Waals surface area (Å²) in [4.78, 5) is 30.5. The summed E-state index contributed by atoms with van der Waals surface area (Å²) in [7, 11) is 0. The van der Waals surface area contributed by atoms with E-state index < -0.39 is 36.4 Å². The fourth-order valence-electron chi connectivity index (χ4n) is 0.714. The standard InChI is InChI=1S/C6H8O7.Cf/c7-3(8)1-6(13,5(11)12)2-4(9)10;/h13H,1-2H2,(H,7,8)(H,9,10)(H,11,12);.